The van der Waals surface area contributed by atoms with Gasteiger partial charge in [0.25, 0.3) is 0 Å². The highest BCUT2D eigenvalue weighted by Gasteiger charge is 2.08. The summed E-state index contributed by atoms with van der Waals surface area (Å²) in [4.78, 5) is 2.18. The molecule has 14 heavy (non-hydrogen) atoms. The molecule has 0 amide bonds. The molecule has 0 N–H and O–H groups in total. The van der Waals surface area contributed by atoms with E-state index in [4.69, 9.17) is 14.7 Å². The summed E-state index contributed by atoms with van der Waals surface area (Å²) in [6, 6.07) is 2.22. The summed E-state index contributed by atoms with van der Waals surface area (Å²) in [5.41, 5.74) is 0. The van der Waals surface area contributed by atoms with Crippen molar-refractivity contribution in [2.75, 3.05) is 47.1 Å². The third kappa shape index (κ3) is 6.84. The van der Waals surface area contributed by atoms with Gasteiger partial charge in [-0.2, -0.15) is 5.26 Å². The molecular weight excluding hydrogens is 180 g/mol. The Morgan fingerprint density at radius 2 is 1.71 bits per heavy atom. The number of ether oxygens (including phenoxy) is 2. The highest BCUT2D eigenvalue weighted by molar-refractivity contribution is 4.81. The van der Waals surface area contributed by atoms with Crippen molar-refractivity contribution in [1.29, 1.82) is 5.26 Å². The maximum atomic E-state index is 8.70. The molecule has 4 heteroatoms. The van der Waals surface area contributed by atoms with Crippen LogP contribution < -0.4 is 0 Å². The summed E-state index contributed by atoms with van der Waals surface area (Å²) in [6.45, 7) is 5.80. The summed E-state index contributed by atoms with van der Waals surface area (Å²) >= 11 is 0. The molecule has 0 rings (SSSR count). The zero-order valence-electron chi connectivity index (χ0n) is 9.32. The lowest BCUT2D eigenvalue weighted by molar-refractivity contribution is 0.110. The number of nitriles is 1. The average Bonchev–Trinajstić information content (AvgIpc) is 2.21. The minimum Gasteiger partial charge on any atom is -0.383 e. The van der Waals surface area contributed by atoms with E-state index >= 15 is 0 Å². The van der Waals surface area contributed by atoms with Crippen LogP contribution >= 0.6 is 0 Å². The molecule has 0 bridgehead atoms. The van der Waals surface area contributed by atoms with Crippen molar-refractivity contribution in [3.05, 3.63) is 0 Å². The third-order valence-corrected chi connectivity index (χ3v) is 1.98. The number of nitrogens with zero attached hydrogens (tertiary/aromatic N) is 2. The minimum absolute atomic E-state index is 0.0590. The molecule has 0 heterocycles. The quantitative estimate of drug-likeness (QED) is 0.580. The van der Waals surface area contributed by atoms with E-state index in [0.717, 1.165) is 19.6 Å². The van der Waals surface area contributed by atoms with Gasteiger partial charge in [-0.15, -0.1) is 0 Å². The summed E-state index contributed by atoms with van der Waals surface area (Å²) in [5.74, 6) is 0.0590. The van der Waals surface area contributed by atoms with Gasteiger partial charge < -0.3 is 9.47 Å². The van der Waals surface area contributed by atoms with Crippen molar-refractivity contribution < 1.29 is 9.47 Å². The number of rotatable bonds is 8. The van der Waals surface area contributed by atoms with Gasteiger partial charge in [0.05, 0.1) is 25.2 Å². The van der Waals surface area contributed by atoms with Gasteiger partial charge in [0, 0.05) is 33.9 Å². The predicted octanol–water partition coefficient (Wildman–Crippen LogP) is 0.741. The Morgan fingerprint density at radius 3 is 2.07 bits per heavy atom. The Labute approximate surface area is 86.4 Å². The maximum Gasteiger partial charge on any atom is 0.0666 e. The molecule has 0 aromatic heterocycles. The van der Waals surface area contributed by atoms with E-state index < -0.39 is 0 Å². The smallest absolute Gasteiger partial charge is 0.0666 e. The standard InChI is InChI=1S/C10H20N2O2/c1-10(8-11)9-12(4-6-13-2)5-7-14-3/h10H,4-7,9H2,1-3H3. The number of hydrogen-bond donors (Lipinski definition) is 0. The van der Waals surface area contributed by atoms with Gasteiger partial charge in [0.1, 0.15) is 0 Å². The first-order chi connectivity index (χ1) is 6.74. The van der Waals surface area contributed by atoms with Gasteiger partial charge >= 0.3 is 0 Å². The van der Waals surface area contributed by atoms with Crippen molar-refractivity contribution >= 4 is 0 Å². The summed E-state index contributed by atoms with van der Waals surface area (Å²) in [7, 11) is 3.37. The van der Waals surface area contributed by atoms with Gasteiger partial charge in [-0.1, -0.05) is 0 Å². The van der Waals surface area contributed by atoms with Crippen molar-refractivity contribution in [1.82, 2.24) is 4.90 Å². The fourth-order valence-corrected chi connectivity index (χ4v) is 1.16. The first-order valence-electron chi connectivity index (χ1n) is 4.84. The average molecular weight is 200 g/mol. The second kappa shape index (κ2) is 8.95. The summed E-state index contributed by atoms with van der Waals surface area (Å²) < 4.78 is 10.0. The largest absolute Gasteiger partial charge is 0.383 e. The van der Waals surface area contributed by atoms with E-state index in [-0.39, 0.29) is 5.92 Å². The normalized spacial score (nSPS) is 12.8. The van der Waals surface area contributed by atoms with Crippen LogP contribution in [0.5, 0.6) is 0 Å². The second-order valence-electron chi connectivity index (χ2n) is 3.32. The maximum absolute atomic E-state index is 8.70. The van der Waals surface area contributed by atoms with Gasteiger partial charge in [0.2, 0.25) is 0 Å². The van der Waals surface area contributed by atoms with Crippen molar-refractivity contribution in [3.63, 3.8) is 0 Å². The van der Waals surface area contributed by atoms with Gasteiger partial charge in [-0.05, 0) is 6.92 Å². The number of hydrogen-bond acceptors (Lipinski definition) is 4. The molecule has 0 saturated heterocycles. The Kier molecular flexibility index (Phi) is 8.54. The van der Waals surface area contributed by atoms with Crippen molar-refractivity contribution in [3.8, 4) is 6.07 Å². The van der Waals surface area contributed by atoms with Crippen LogP contribution in [-0.2, 0) is 9.47 Å². The van der Waals surface area contributed by atoms with Gasteiger partial charge in [-0.3, -0.25) is 4.90 Å². The van der Waals surface area contributed by atoms with Crippen LogP contribution in [0.25, 0.3) is 0 Å². The lowest BCUT2D eigenvalue weighted by Crippen LogP contribution is -2.34. The molecule has 0 aliphatic rings. The van der Waals surface area contributed by atoms with E-state index in [0.29, 0.717) is 13.2 Å². The van der Waals surface area contributed by atoms with Crippen LogP contribution in [0, 0.1) is 17.2 Å². The van der Waals surface area contributed by atoms with Crippen LogP contribution in [0.2, 0.25) is 0 Å². The van der Waals surface area contributed by atoms with E-state index in [2.05, 4.69) is 11.0 Å². The topological polar surface area (TPSA) is 45.5 Å². The molecule has 0 aromatic rings. The van der Waals surface area contributed by atoms with Crippen LogP contribution in [0.15, 0.2) is 0 Å². The zero-order chi connectivity index (χ0) is 10.8. The molecule has 4 nitrogen and oxygen atoms in total. The molecule has 0 aliphatic carbocycles. The van der Waals surface area contributed by atoms with E-state index in [1.807, 2.05) is 6.92 Å². The molecule has 1 atom stereocenters. The fraction of sp³-hybridized carbons (Fsp3) is 0.900. The monoisotopic (exact) mass is 200 g/mol. The van der Waals surface area contributed by atoms with Gasteiger partial charge in [-0.25, -0.2) is 0 Å². The molecule has 0 spiro atoms. The van der Waals surface area contributed by atoms with Crippen LogP contribution in [0.4, 0.5) is 0 Å². The van der Waals surface area contributed by atoms with Crippen molar-refractivity contribution in [2.24, 2.45) is 5.92 Å². The fourth-order valence-electron chi connectivity index (χ4n) is 1.16. The molecule has 0 aromatic carbocycles. The summed E-state index contributed by atoms with van der Waals surface area (Å²) in [6.07, 6.45) is 0. The third-order valence-electron chi connectivity index (χ3n) is 1.98. The molecule has 0 radical (unpaired) electrons. The first-order valence-corrected chi connectivity index (χ1v) is 4.84. The highest BCUT2D eigenvalue weighted by Crippen LogP contribution is 1.98. The van der Waals surface area contributed by atoms with E-state index in [9.17, 15) is 0 Å². The predicted molar refractivity (Wildman–Crippen MR) is 55.0 cm³/mol. The SMILES string of the molecule is COCCN(CCOC)CC(C)C#N. The lowest BCUT2D eigenvalue weighted by atomic mass is 10.2. The minimum atomic E-state index is 0.0590. The van der Waals surface area contributed by atoms with E-state index in [1.165, 1.54) is 0 Å². The molecule has 0 saturated carbocycles. The molecular formula is C10H20N2O2. The Hall–Kier alpha value is -0.630. The lowest BCUT2D eigenvalue weighted by Gasteiger charge is -2.22. The second-order valence-corrected chi connectivity index (χ2v) is 3.32. The Bertz CT molecular complexity index is 160. The van der Waals surface area contributed by atoms with Crippen LogP contribution in [0.3, 0.4) is 0 Å². The van der Waals surface area contributed by atoms with Crippen molar-refractivity contribution in [2.45, 2.75) is 6.92 Å². The molecule has 0 fully saturated rings. The number of methoxy groups -OCH3 is 2. The zero-order valence-corrected chi connectivity index (χ0v) is 9.32. The molecule has 82 valence electrons. The summed E-state index contributed by atoms with van der Waals surface area (Å²) in [5, 5.41) is 8.70. The Balaban J connectivity index is 3.78. The van der Waals surface area contributed by atoms with E-state index in [1.54, 1.807) is 14.2 Å². The first kappa shape index (κ1) is 13.4. The Morgan fingerprint density at radius 1 is 1.21 bits per heavy atom. The van der Waals surface area contributed by atoms with Gasteiger partial charge in [0.15, 0.2) is 0 Å². The van der Waals surface area contributed by atoms with Crippen LogP contribution in [-0.4, -0.2) is 52.0 Å². The molecule has 0 aliphatic heterocycles. The highest BCUT2D eigenvalue weighted by atomic mass is 16.5. The van der Waals surface area contributed by atoms with Crippen LogP contribution in [0.1, 0.15) is 6.92 Å². The molecule has 1 unspecified atom stereocenters.